The smallest absolute Gasteiger partial charge is 0.0225 e. The van der Waals surface area contributed by atoms with E-state index in [2.05, 4.69) is 39.3 Å². The Balaban J connectivity index is 3.51. The van der Waals surface area contributed by atoms with E-state index in [9.17, 15) is 0 Å². The lowest BCUT2D eigenvalue weighted by atomic mass is 10.1. The minimum Gasteiger partial charge on any atom is -0.313 e. The van der Waals surface area contributed by atoms with Gasteiger partial charge in [-0.25, -0.2) is 0 Å². The molecule has 1 N–H and O–H groups in total. The maximum absolute atomic E-state index is 3.59. The monoisotopic (exact) mass is 203 g/mol. The van der Waals surface area contributed by atoms with Gasteiger partial charge in [0.2, 0.25) is 0 Å². The quantitative estimate of drug-likeness (QED) is 0.681. The standard InChI is InChI=1S/C11H25NS/c1-6-7-8-10(2)12-9-11(3,4)13-5/h10,12H,6-9H2,1-5H3. The summed E-state index contributed by atoms with van der Waals surface area (Å²) >= 11 is 1.93. The summed E-state index contributed by atoms with van der Waals surface area (Å²) in [6.07, 6.45) is 6.13. The van der Waals surface area contributed by atoms with Crippen molar-refractivity contribution in [2.45, 2.75) is 57.7 Å². The van der Waals surface area contributed by atoms with E-state index in [1.807, 2.05) is 11.8 Å². The molecule has 0 aliphatic rings. The van der Waals surface area contributed by atoms with Crippen molar-refractivity contribution in [3.63, 3.8) is 0 Å². The first-order valence-electron chi connectivity index (χ1n) is 5.30. The van der Waals surface area contributed by atoms with Gasteiger partial charge in [0.1, 0.15) is 0 Å². The van der Waals surface area contributed by atoms with Crippen LogP contribution in [0.2, 0.25) is 0 Å². The summed E-state index contributed by atoms with van der Waals surface area (Å²) < 4.78 is 0.375. The van der Waals surface area contributed by atoms with Crippen LogP contribution in [0.25, 0.3) is 0 Å². The van der Waals surface area contributed by atoms with Gasteiger partial charge >= 0.3 is 0 Å². The number of nitrogens with one attached hydrogen (secondary N) is 1. The van der Waals surface area contributed by atoms with Crippen molar-refractivity contribution in [2.24, 2.45) is 0 Å². The van der Waals surface area contributed by atoms with Crippen molar-refractivity contribution < 1.29 is 0 Å². The summed E-state index contributed by atoms with van der Waals surface area (Å²) in [5, 5.41) is 3.59. The molecule has 80 valence electrons. The third kappa shape index (κ3) is 7.39. The van der Waals surface area contributed by atoms with E-state index in [0.717, 1.165) is 6.54 Å². The van der Waals surface area contributed by atoms with Crippen molar-refractivity contribution in [2.75, 3.05) is 12.8 Å². The summed E-state index contributed by atoms with van der Waals surface area (Å²) in [6, 6.07) is 0.673. The minimum atomic E-state index is 0.375. The lowest BCUT2D eigenvalue weighted by molar-refractivity contribution is 0.469. The molecule has 0 aliphatic carbocycles. The first-order valence-corrected chi connectivity index (χ1v) is 6.53. The number of thioether (sulfide) groups is 1. The average molecular weight is 203 g/mol. The number of hydrogen-bond acceptors (Lipinski definition) is 2. The predicted molar refractivity (Wildman–Crippen MR) is 64.6 cm³/mol. The second-order valence-corrected chi connectivity index (χ2v) is 5.90. The zero-order chi connectivity index (χ0) is 10.3. The van der Waals surface area contributed by atoms with Crippen LogP contribution in [0.15, 0.2) is 0 Å². The molecule has 13 heavy (non-hydrogen) atoms. The molecule has 0 amide bonds. The van der Waals surface area contributed by atoms with Crippen LogP contribution < -0.4 is 5.32 Å². The molecule has 2 heteroatoms. The Kier molecular flexibility index (Phi) is 6.88. The van der Waals surface area contributed by atoms with Crippen molar-refractivity contribution in [3.8, 4) is 0 Å². The zero-order valence-corrected chi connectivity index (χ0v) is 10.6. The fourth-order valence-electron chi connectivity index (χ4n) is 1.10. The highest BCUT2D eigenvalue weighted by Gasteiger charge is 2.16. The average Bonchev–Trinajstić information content (AvgIpc) is 2.11. The normalized spacial score (nSPS) is 14.5. The molecule has 0 aromatic carbocycles. The zero-order valence-electron chi connectivity index (χ0n) is 9.81. The van der Waals surface area contributed by atoms with E-state index in [1.54, 1.807) is 0 Å². The maximum atomic E-state index is 3.59. The van der Waals surface area contributed by atoms with E-state index in [-0.39, 0.29) is 0 Å². The molecule has 0 spiro atoms. The Morgan fingerprint density at radius 3 is 2.46 bits per heavy atom. The van der Waals surface area contributed by atoms with Gasteiger partial charge in [0, 0.05) is 17.3 Å². The molecule has 1 unspecified atom stereocenters. The number of rotatable bonds is 7. The van der Waals surface area contributed by atoms with Crippen LogP contribution in [-0.2, 0) is 0 Å². The van der Waals surface area contributed by atoms with Gasteiger partial charge in [-0.05, 0) is 33.4 Å². The highest BCUT2D eigenvalue weighted by Crippen LogP contribution is 2.19. The first kappa shape index (κ1) is 13.3. The number of unbranched alkanes of at least 4 members (excludes halogenated alkanes) is 1. The molecule has 0 rings (SSSR count). The lowest BCUT2D eigenvalue weighted by Crippen LogP contribution is -2.37. The lowest BCUT2D eigenvalue weighted by Gasteiger charge is -2.25. The molecular formula is C11H25NS. The Morgan fingerprint density at radius 1 is 1.38 bits per heavy atom. The van der Waals surface area contributed by atoms with E-state index in [0.29, 0.717) is 10.8 Å². The molecule has 0 fully saturated rings. The van der Waals surface area contributed by atoms with Crippen LogP contribution >= 0.6 is 11.8 Å². The summed E-state index contributed by atoms with van der Waals surface area (Å²) in [5.41, 5.74) is 0. The van der Waals surface area contributed by atoms with Gasteiger partial charge in [-0.1, -0.05) is 19.8 Å². The van der Waals surface area contributed by atoms with Crippen molar-refractivity contribution in [3.05, 3.63) is 0 Å². The Labute approximate surface area is 88.1 Å². The Morgan fingerprint density at radius 2 is 2.00 bits per heavy atom. The largest absolute Gasteiger partial charge is 0.313 e. The molecule has 0 aliphatic heterocycles. The Hall–Kier alpha value is 0.310. The third-order valence-corrected chi connectivity index (χ3v) is 3.67. The van der Waals surface area contributed by atoms with Gasteiger partial charge in [-0.15, -0.1) is 0 Å². The van der Waals surface area contributed by atoms with Crippen LogP contribution in [-0.4, -0.2) is 23.6 Å². The molecule has 0 heterocycles. The van der Waals surface area contributed by atoms with Gasteiger partial charge in [0.05, 0.1) is 0 Å². The highest BCUT2D eigenvalue weighted by molar-refractivity contribution is 7.99. The number of hydrogen-bond donors (Lipinski definition) is 1. The van der Waals surface area contributed by atoms with E-state index < -0.39 is 0 Å². The second-order valence-electron chi connectivity index (χ2n) is 4.39. The molecule has 1 nitrogen and oxygen atoms in total. The summed E-state index contributed by atoms with van der Waals surface area (Å²) in [6.45, 7) is 10.2. The van der Waals surface area contributed by atoms with Crippen molar-refractivity contribution >= 4 is 11.8 Å². The molecule has 0 aromatic heterocycles. The molecule has 0 radical (unpaired) electrons. The van der Waals surface area contributed by atoms with Gasteiger partial charge in [0.15, 0.2) is 0 Å². The summed E-state index contributed by atoms with van der Waals surface area (Å²) in [4.78, 5) is 0. The van der Waals surface area contributed by atoms with Crippen LogP contribution in [0.1, 0.15) is 47.0 Å². The van der Waals surface area contributed by atoms with E-state index in [4.69, 9.17) is 0 Å². The topological polar surface area (TPSA) is 12.0 Å². The SMILES string of the molecule is CCCCC(C)NCC(C)(C)SC. The van der Waals surface area contributed by atoms with E-state index >= 15 is 0 Å². The van der Waals surface area contributed by atoms with Crippen LogP contribution in [0, 0.1) is 0 Å². The molecule has 0 aromatic rings. The fourth-order valence-corrected chi connectivity index (χ4v) is 1.33. The van der Waals surface area contributed by atoms with Crippen LogP contribution in [0.4, 0.5) is 0 Å². The fraction of sp³-hybridized carbons (Fsp3) is 1.00. The van der Waals surface area contributed by atoms with Crippen molar-refractivity contribution in [1.82, 2.24) is 5.32 Å². The molecule has 0 saturated heterocycles. The predicted octanol–water partition coefficient (Wildman–Crippen LogP) is 3.30. The van der Waals surface area contributed by atoms with E-state index in [1.165, 1.54) is 19.3 Å². The Bertz CT molecular complexity index is 123. The van der Waals surface area contributed by atoms with Gasteiger partial charge in [-0.2, -0.15) is 11.8 Å². The van der Waals surface area contributed by atoms with Gasteiger partial charge < -0.3 is 5.32 Å². The summed E-state index contributed by atoms with van der Waals surface area (Å²) in [7, 11) is 0. The summed E-state index contributed by atoms with van der Waals surface area (Å²) in [5.74, 6) is 0. The van der Waals surface area contributed by atoms with Crippen LogP contribution in [0.3, 0.4) is 0 Å². The second kappa shape index (κ2) is 6.72. The maximum Gasteiger partial charge on any atom is 0.0225 e. The molecular weight excluding hydrogens is 178 g/mol. The van der Waals surface area contributed by atoms with Crippen LogP contribution in [0.5, 0.6) is 0 Å². The van der Waals surface area contributed by atoms with Gasteiger partial charge in [-0.3, -0.25) is 0 Å². The minimum absolute atomic E-state index is 0.375. The third-order valence-electron chi connectivity index (χ3n) is 2.42. The van der Waals surface area contributed by atoms with Gasteiger partial charge in [0.25, 0.3) is 0 Å². The molecule has 1 atom stereocenters. The molecule has 0 saturated carbocycles. The van der Waals surface area contributed by atoms with Crippen molar-refractivity contribution in [1.29, 1.82) is 0 Å². The first-order chi connectivity index (χ1) is 6.02. The molecule has 0 bridgehead atoms. The highest BCUT2D eigenvalue weighted by atomic mass is 32.2.